The van der Waals surface area contributed by atoms with Crippen molar-refractivity contribution in [3.63, 3.8) is 0 Å². The molecule has 0 N–H and O–H groups in total. The van der Waals surface area contributed by atoms with Crippen LogP contribution in [0.15, 0.2) is 570 Å². The van der Waals surface area contributed by atoms with Gasteiger partial charge in [-0.05, 0) is 256 Å². The maximum absolute atomic E-state index is 2.51. The van der Waals surface area contributed by atoms with E-state index in [1.54, 1.807) is 0 Å². The molecule has 700 valence electrons. The minimum atomic E-state index is 1.13. The summed E-state index contributed by atoms with van der Waals surface area (Å²) < 4.78 is 14.8. The zero-order chi connectivity index (χ0) is 98.8. The van der Waals surface area contributed by atoms with E-state index in [0.29, 0.717) is 0 Å². The quantitative estimate of drug-likeness (QED) is 0.110. The Labute approximate surface area is 866 Å². The van der Waals surface area contributed by atoms with Crippen LogP contribution in [0, 0.1) is 0 Å². The van der Waals surface area contributed by atoms with Gasteiger partial charge in [0, 0.05) is 98.8 Å². The van der Waals surface area contributed by atoms with Gasteiger partial charge in [0.1, 0.15) is 0 Å². The van der Waals surface area contributed by atoms with Crippen LogP contribution in [0.5, 0.6) is 0 Å². The first kappa shape index (κ1) is 86.7. The lowest BCUT2D eigenvalue weighted by Crippen LogP contribution is -1.97. The molecule has 0 atom stereocenters. The number of benzene rings is 25. The second-order valence-corrected chi connectivity index (χ2v) is 39.3. The van der Waals surface area contributed by atoms with Crippen LogP contribution in [-0.4, -0.2) is 27.4 Å². The highest BCUT2D eigenvalue weighted by Gasteiger charge is 2.28. The second kappa shape index (κ2) is 36.1. The van der Waals surface area contributed by atoms with Gasteiger partial charge in [0.05, 0.1) is 66.2 Å². The molecular formula is C144H94N6. The van der Waals surface area contributed by atoms with E-state index >= 15 is 0 Å². The number of hydrogen-bond acceptors (Lipinski definition) is 0. The van der Waals surface area contributed by atoms with Crippen molar-refractivity contribution >= 4 is 163 Å². The predicted octanol–water partition coefficient (Wildman–Crippen LogP) is 38.8. The molecule has 25 aromatic carbocycles. The van der Waals surface area contributed by atoms with Crippen molar-refractivity contribution in [1.82, 2.24) is 27.4 Å². The van der Waals surface area contributed by atoms with Crippen molar-refractivity contribution < 1.29 is 0 Å². The first-order valence-electron chi connectivity index (χ1n) is 51.7. The van der Waals surface area contributed by atoms with E-state index in [1.807, 2.05) is 0 Å². The van der Waals surface area contributed by atoms with Crippen LogP contribution in [0.25, 0.3) is 275 Å². The van der Waals surface area contributed by atoms with Crippen molar-refractivity contribution in [1.29, 1.82) is 0 Å². The molecular weight excluding hydrogens is 1810 g/mol. The number of aromatic nitrogens is 6. The normalized spacial score (nSPS) is 11.7. The fraction of sp³-hybridized carbons (Fsp3) is 0. The van der Waals surface area contributed by atoms with Crippen LogP contribution >= 0.6 is 0 Å². The molecule has 0 aliphatic carbocycles. The van der Waals surface area contributed by atoms with E-state index in [-0.39, 0.29) is 0 Å². The van der Waals surface area contributed by atoms with Crippen molar-refractivity contribution in [2.45, 2.75) is 0 Å². The van der Waals surface area contributed by atoms with Crippen molar-refractivity contribution in [3.8, 4) is 112 Å². The van der Waals surface area contributed by atoms with Gasteiger partial charge in [0.2, 0.25) is 0 Å². The molecule has 31 aromatic rings. The van der Waals surface area contributed by atoms with Gasteiger partial charge in [-0.1, -0.05) is 425 Å². The molecule has 0 amide bonds. The van der Waals surface area contributed by atoms with Gasteiger partial charge >= 0.3 is 0 Å². The van der Waals surface area contributed by atoms with Gasteiger partial charge in [-0.25, -0.2) is 0 Å². The summed E-state index contributed by atoms with van der Waals surface area (Å²) in [6.45, 7) is 0. The Bertz CT molecular complexity index is 10700. The van der Waals surface area contributed by atoms with E-state index in [1.165, 1.54) is 252 Å². The fourth-order valence-corrected chi connectivity index (χ4v) is 24.2. The van der Waals surface area contributed by atoms with E-state index < -0.39 is 0 Å². The summed E-state index contributed by atoms with van der Waals surface area (Å²) in [5.74, 6) is 0. The third kappa shape index (κ3) is 14.5. The number of rotatable bonds is 13. The number of para-hydroxylation sites is 7. The van der Waals surface area contributed by atoms with Gasteiger partial charge in [-0.3, -0.25) is 0 Å². The van der Waals surface area contributed by atoms with Crippen LogP contribution in [0.3, 0.4) is 0 Å². The van der Waals surface area contributed by atoms with Crippen molar-refractivity contribution in [2.75, 3.05) is 0 Å². The zero-order valence-corrected chi connectivity index (χ0v) is 82.0. The molecule has 31 rings (SSSR count). The molecule has 0 fully saturated rings. The van der Waals surface area contributed by atoms with Crippen LogP contribution in [0.2, 0.25) is 0 Å². The second-order valence-electron chi connectivity index (χ2n) is 39.3. The third-order valence-corrected chi connectivity index (χ3v) is 30.8. The summed E-state index contributed by atoms with van der Waals surface area (Å²) in [6.07, 6.45) is 0. The molecule has 0 aliphatic heterocycles. The first-order chi connectivity index (χ1) is 74.5. The summed E-state index contributed by atoms with van der Waals surface area (Å²) in [4.78, 5) is 0. The first-order valence-corrected chi connectivity index (χ1v) is 51.7. The van der Waals surface area contributed by atoms with E-state index in [9.17, 15) is 0 Å². The molecule has 0 spiro atoms. The van der Waals surface area contributed by atoms with Crippen LogP contribution in [-0.2, 0) is 0 Å². The van der Waals surface area contributed by atoms with Gasteiger partial charge in [0.15, 0.2) is 0 Å². The average Bonchev–Trinajstić information content (AvgIpc) is 1.55. The molecule has 0 radical (unpaired) electrons. The molecule has 0 unspecified atom stereocenters. The van der Waals surface area contributed by atoms with Gasteiger partial charge < -0.3 is 27.4 Å². The van der Waals surface area contributed by atoms with Crippen LogP contribution in [0.4, 0.5) is 0 Å². The van der Waals surface area contributed by atoms with E-state index in [0.717, 1.165) is 22.7 Å². The standard InChI is InChI=1S/C58H38N2.C46H30N2.C40H26N2/c1-4-16-39(17-5-1)44-34-45(40-18-6-2-7-19-40)36-46(35-44)41-28-30-47(31-29-41)59-55-27-15-13-25-52(55)57-56(59)33-32-51-50-24-12-14-26-54(50)60(58(51)57)48-37-43-22-10-11-23-49(43)53(38-48)42-20-8-3-9-21-42;1-3-13-31(14-4-1)32-23-25-35(26-24-32)47-43-22-12-10-20-40(43)45-44(47)28-27-39-38-19-9-11-21-42(38)48(46(39)45)36-29-34-17-7-8-18-37(34)41(30-36)33-15-5-2-6-16-33;1-3-13-27(14-4-1)35-26-30(25-28-15-7-8-18-31(28)35)42-36-21-11-9-19-32(36)33-23-24-38-39(40(33)42)34-20-10-12-22-37(34)41(38)29-16-5-2-6-17-29/h1-38H;1-30H;1-26H. The minimum Gasteiger partial charge on any atom is -0.309 e. The highest BCUT2D eigenvalue weighted by Crippen LogP contribution is 2.50. The Morgan fingerprint density at radius 1 is 0.100 bits per heavy atom. The summed E-state index contributed by atoms with van der Waals surface area (Å²) >= 11 is 0. The molecule has 6 heterocycles. The average molecular weight is 1910 g/mol. The smallest absolute Gasteiger partial charge is 0.0641 e. The molecule has 150 heavy (non-hydrogen) atoms. The molecule has 6 nitrogen and oxygen atoms in total. The minimum absolute atomic E-state index is 1.13. The Morgan fingerprint density at radius 3 is 0.593 bits per heavy atom. The van der Waals surface area contributed by atoms with E-state index in [4.69, 9.17) is 0 Å². The predicted molar refractivity (Wildman–Crippen MR) is 636 cm³/mol. The Morgan fingerprint density at radius 2 is 0.307 bits per heavy atom. The number of hydrogen-bond donors (Lipinski definition) is 0. The van der Waals surface area contributed by atoms with E-state index in [2.05, 4.69) is 598 Å². The molecule has 0 bridgehead atoms. The Hall–Kier alpha value is -19.9. The van der Waals surface area contributed by atoms with Gasteiger partial charge in [0.25, 0.3) is 0 Å². The highest BCUT2D eigenvalue weighted by atomic mass is 15.0. The SMILES string of the molecule is c1ccc(-c2cc(-c3ccccc3)cc(-c3ccc(-n4c5ccccc5c5c4ccc4c6ccccc6n(-c6cc(-c7ccccc7)c7ccccc7c6)c45)cc3)c2)cc1.c1ccc(-c2cc(-n3c4ccccc4c4ccc5c(c6ccccc6n5-c5ccccc5)c43)cc3ccccc23)cc1.c1ccc(-c2ccc(-n3c4ccccc4c4c3ccc3c5ccccc5n(-c5cc(-c6ccccc6)c6ccccc6c5)c34)cc2)cc1. The molecule has 0 saturated heterocycles. The summed E-state index contributed by atoms with van der Waals surface area (Å²) in [6, 6.07) is 208. The van der Waals surface area contributed by atoms with Crippen LogP contribution in [0.1, 0.15) is 0 Å². The van der Waals surface area contributed by atoms with Gasteiger partial charge in [-0.2, -0.15) is 0 Å². The zero-order valence-electron chi connectivity index (χ0n) is 82.0. The monoisotopic (exact) mass is 1910 g/mol. The highest BCUT2D eigenvalue weighted by molar-refractivity contribution is 6.30. The molecule has 6 heteroatoms. The maximum atomic E-state index is 2.51. The van der Waals surface area contributed by atoms with Gasteiger partial charge in [-0.15, -0.1) is 0 Å². The lowest BCUT2D eigenvalue weighted by atomic mass is 9.93. The summed E-state index contributed by atoms with van der Waals surface area (Å²) in [7, 11) is 0. The number of nitrogens with zero attached hydrogens (tertiary/aromatic N) is 6. The summed E-state index contributed by atoms with van der Waals surface area (Å²) in [5, 5.41) is 22.5. The maximum Gasteiger partial charge on any atom is 0.0641 e. The van der Waals surface area contributed by atoms with Crippen LogP contribution < -0.4 is 0 Å². The summed E-state index contributed by atoms with van der Waals surface area (Å²) in [5.41, 5.74) is 38.5. The third-order valence-electron chi connectivity index (χ3n) is 30.8. The molecule has 6 aromatic heterocycles. The lowest BCUT2D eigenvalue weighted by Gasteiger charge is -2.15. The fourth-order valence-electron chi connectivity index (χ4n) is 24.2. The van der Waals surface area contributed by atoms with Crippen molar-refractivity contribution in [3.05, 3.63) is 570 Å². The molecule has 0 aliphatic rings. The Kier molecular flexibility index (Phi) is 20.9. The lowest BCUT2D eigenvalue weighted by molar-refractivity contribution is 1.18. The van der Waals surface area contributed by atoms with Crippen molar-refractivity contribution in [2.24, 2.45) is 0 Å². The Balaban J connectivity index is 0.000000107. The number of fused-ring (bicyclic) bond motifs is 24. The topological polar surface area (TPSA) is 29.6 Å². The molecule has 0 saturated carbocycles. The largest absolute Gasteiger partial charge is 0.309 e.